The fourth-order valence-electron chi connectivity index (χ4n) is 1.70. The van der Waals surface area contributed by atoms with Crippen LogP contribution in [0.5, 0.6) is 0 Å². The van der Waals surface area contributed by atoms with Crippen molar-refractivity contribution in [3.8, 4) is 6.07 Å². The first-order chi connectivity index (χ1) is 8.44. The molecule has 0 fully saturated rings. The van der Waals surface area contributed by atoms with Crippen LogP contribution in [0.2, 0.25) is 0 Å². The van der Waals surface area contributed by atoms with Gasteiger partial charge < -0.3 is 0 Å². The molecule has 0 spiro atoms. The van der Waals surface area contributed by atoms with Gasteiger partial charge in [-0.15, -0.1) is 0 Å². The van der Waals surface area contributed by atoms with E-state index in [1.807, 2.05) is 30.3 Å². The van der Waals surface area contributed by atoms with E-state index in [0.717, 1.165) is 5.56 Å². The molecule has 0 saturated heterocycles. The van der Waals surface area contributed by atoms with Crippen molar-refractivity contribution >= 4 is 9.84 Å². The van der Waals surface area contributed by atoms with Crippen LogP contribution in [0.3, 0.4) is 0 Å². The second-order valence-electron chi connectivity index (χ2n) is 4.75. The first kappa shape index (κ1) is 14.7. The van der Waals surface area contributed by atoms with Crippen LogP contribution in [0, 0.1) is 11.3 Å². The highest BCUT2D eigenvalue weighted by Crippen LogP contribution is 2.16. The number of benzene rings is 1. The smallest absolute Gasteiger partial charge is 0.154 e. The van der Waals surface area contributed by atoms with Gasteiger partial charge in [0.25, 0.3) is 0 Å². The molecule has 1 aromatic carbocycles. The maximum atomic E-state index is 11.8. The van der Waals surface area contributed by atoms with Crippen LogP contribution in [-0.4, -0.2) is 14.2 Å². The minimum Gasteiger partial charge on any atom is -0.228 e. The second kappa shape index (κ2) is 6.55. The van der Waals surface area contributed by atoms with E-state index in [2.05, 4.69) is 13.8 Å². The van der Waals surface area contributed by atoms with Gasteiger partial charge >= 0.3 is 0 Å². The number of nitrogens with zero attached hydrogens (tertiary/aromatic N) is 1. The largest absolute Gasteiger partial charge is 0.228 e. The average Bonchev–Trinajstić information content (AvgIpc) is 2.29. The van der Waals surface area contributed by atoms with Crippen molar-refractivity contribution in [3.63, 3.8) is 0 Å². The number of hydrogen-bond donors (Lipinski definition) is 0. The number of unbranched alkanes of at least 4 members (excludes halogenated alkanes) is 1. The third kappa shape index (κ3) is 4.89. The summed E-state index contributed by atoms with van der Waals surface area (Å²) in [6.45, 7) is 4.21. The number of rotatable bonds is 6. The van der Waals surface area contributed by atoms with Crippen molar-refractivity contribution in [2.75, 3.05) is 5.75 Å². The van der Waals surface area contributed by atoms with Gasteiger partial charge in [-0.1, -0.05) is 38.1 Å². The van der Waals surface area contributed by atoms with Gasteiger partial charge in [-0.2, -0.15) is 5.26 Å². The molecule has 18 heavy (non-hydrogen) atoms. The van der Waals surface area contributed by atoms with Crippen LogP contribution >= 0.6 is 0 Å². The first-order valence-electron chi connectivity index (χ1n) is 6.11. The SMILES string of the molecule is CC(C)c1ccc(CS(=O)(=O)CCCC#N)cc1. The molecule has 0 aromatic heterocycles. The molecule has 0 amide bonds. The van der Waals surface area contributed by atoms with Gasteiger partial charge in [-0.3, -0.25) is 0 Å². The van der Waals surface area contributed by atoms with Crippen LogP contribution < -0.4 is 0 Å². The molecule has 3 nitrogen and oxygen atoms in total. The van der Waals surface area contributed by atoms with Crippen LogP contribution in [-0.2, 0) is 15.6 Å². The Balaban J connectivity index is 2.64. The van der Waals surface area contributed by atoms with E-state index >= 15 is 0 Å². The normalized spacial score (nSPS) is 11.4. The third-order valence-electron chi connectivity index (χ3n) is 2.78. The van der Waals surface area contributed by atoms with Crippen LogP contribution in [0.25, 0.3) is 0 Å². The Bertz CT molecular complexity index is 510. The van der Waals surface area contributed by atoms with Crippen molar-refractivity contribution in [1.82, 2.24) is 0 Å². The Morgan fingerprint density at radius 2 is 1.83 bits per heavy atom. The Morgan fingerprint density at radius 1 is 1.22 bits per heavy atom. The van der Waals surface area contributed by atoms with Gasteiger partial charge in [0.05, 0.1) is 17.6 Å². The van der Waals surface area contributed by atoms with Gasteiger partial charge in [-0.05, 0) is 23.5 Å². The van der Waals surface area contributed by atoms with Crippen molar-refractivity contribution < 1.29 is 8.42 Å². The third-order valence-corrected chi connectivity index (χ3v) is 4.46. The lowest BCUT2D eigenvalue weighted by Gasteiger charge is -2.07. The van der Waals surface area contributed by atoms with E-state index < -0.39 is 9.84 Å². The molecule has 0 bridgehead atoms. The summed E-state index contributed by atoms with van der Waals surface area (Å²) in [5.74, 6) is 0.606. The summed E-state index contributed by atoms with van der Waals surface area (Å²) in [5.41, 5.74) is 2.02. The highest BCUT2D eigenvalue weighted by Gasteiger charge is 2.11. The van der Waals surface area contributed by atoms with E-state index in [-0.39, 0.29) is 11.5 Å². The highest BCUT2D eigenvalue weighted by molar-refractivity contribution is 7.90. The molecular formula is C14H19NO2S. The molecule has 0 aliphatic carbocycles. The van der Waals surface area contributed by atoms with E-state index in [1.54, 1.807) is 0 Å². The maximum Gasteiger partial charge on any atom is 0.154 e. The molecule has 0 aliphatic heterocycles. The molecule has 0 heterocycles. The number of nitriles is 1. The summed E-state index contributed by atoms with van der Waals surface area (Å²) in [6.07, 6.45) is 0.717. The molecular weight excluding hydrogens is 246 g/mol. The fraction of sp³-hybridized carbons (Fsp3) is 0.500. The molecule has 1 aromatic rings. The Kier molecular flexibility index (Phi) is 5.36. The van der Waals surface area contributed by atoms with E-state index in [9.17, 15) is 8.42 Å². The molecule has 1 rings (SSSR count). The summed E-state index contributed by atoms with van der Waals surface area (Å²) in [4.78, 5) is 0. The predicted octanol–water partition coefficient (Wildman–Crippen LogP) is 3.03. The number of hydrogen-bond acceptors (Lipinski definition) is 3. The van der Waals surface area contributed by atoms with Crippen LogP contribution in [0.1, 0.15) is 43.7 Å². The molecule has 0 radical (unpaired) electrons. The minimum atomic E-state index is -3.09. The van der Waals surface area contributed by atoms with E-state index in [1.165, 1.54) is 5.56 Å². The van der Waals surface area contributed by atoms with Gasteiger partial charge in [0.2, 0.25) is 0 Å². The summed E-state index contributed by atoms with van der Waals surface area (Å²) >= 11 is 0. The topological polar surface area (TPSA) is 57.9 Å². The molecule has 0 atom stereocenters. The van der Waals surface area contributed by atoms with Crippen molar-refractivity contribution in [2.24, 2.45) is 0 Å². The van der Waals surface area contributed by atoms with Crippen molar-refractivity contribution in [3.05, 3.63) is 35.4 Å². The van der Waals surface area contributed by atoms with Gasteiger partial charge in [0, 0.05) is 6.42 Å². The molecule has 0 unspecified atom stereocenters. The standard InChI is InChI=1S/C14H19NO2S/c1-12(2)14-7-5-13(6-8-14)11-18(16,17)10-4-3-9-15/h5-8,12H,3-4,10-11H2,1-2H3. The number of sulfone groups is 1. The van der Waals surface area contributed by atoms with Gasteiger partial charge in [0.1, 0.15) is 0 Å². The zero-order valence-electron chi connectivity index (χ0n) is 10.9. The van der Waals surface area contributed by atoms with E-state index in [4.69, 9.17) is 5.26 Å². The van der Waals surface area contributed by atoms with Crippen LogP contribution in [0.4, 0.5) is 0 Å². The summed E-state index contributed by atoms with van der Waals surface area (Å²) in [7, 11) is -3.09. The minimum absolute atomic E-state index is 0.0663. The molecule has 0 saturated carbocycles. The summed E-state index contributed by atoms with van der Waals surface area (Å²) < 4.78 is 23.6. The fourth-order valence-corrected chi connectivity index (χ4v) is 3.12. The lowest BCUT2D eigenvalue weighted by atomic mass is 10.0. The molecule has 4 heteroatoms. The average molecular weight is 265 g/mol. The Hall–Kier alpha value is -1.34. The first-order valence-corrected chi connectivity index (χ1v) is 7.93. The van der Waals surface area contributed by atoms with Crippen molar-refractivity contribution in [2.45, 2.75) is 38.4 Å². The van der Waals surface area contributed by atoms with Crippen LogP contribution in [0.15, 0.2) is 24.3 Å². The predicted molar refractivity (Wildman–Crippen MR) is 72.9 cm³/mol. The Morgan fingerprint density at radius 3 is 2.33 bits per heavy atom. The quantitative estimate of drug-likeness (QED) is 0.743. The highest BCUT2D eigenvalue weighted by atomic mass is 32.2. The molecule has 0 aliphatic rings. The van der Waals surface area contributed by atoms with E-state index in [0.29, 0.717) is 18.8 Å². The van der Waals surface area contributed by atoms with Gasteiger partial charge in [0.15, 0.2) is 9.84 Å². The van der Waals surface area contributed by atoms with Crippen molar-refractivity contribution in [1.29, 1.82) is 5.26 Å². The molecule has 0 N–H and O–H groups in total. The summed E-state index contributed by atoms with van der Waals surface area (Å²) in [5, 5.41) is 8.39. The zero-order valence-corrected chi connectivity index (χ0v) is 11.7. The maximum absolute atomic E-state index is 11.8. The molecule has 98 valence electrons. The summed E-state index contributed by atoms with van der Waals surface area (Å²) in [6, 6.07) is 9.66. The zero-order chi connectivity index (χ0) is 13.6. The second-order valence-corrected chi connectivity index (χ2v) is 6.93. The Labute approximate surface area is 109 Å². The lowest BCUT2D eigenvalue weighted by Crippen LogP contribution is -2.09. The monoisotopic (exact) mass is 265 g/mol. The lowest BCUT2D eigenvalue weighted by molar-refractivity contribution is 0.593. The van der Waals surface area contributed by atoms with Gasteiger partial charge in [-0.25, -0.2) is 8.42 Å².